The molecule has 0 bridgehead atoms. The molecule has 0 aromatic carbocycles. The Morgan fingerprint density at radius 1 is 1.24 bits per heavy atom. The summed E-state index contributed by atoms with van der Waals surface area (Å²) in [5, 5.41) is 0. The fraction of sp³-hybridized carbons (Fsp3) is 0.533. The molecule has 1 aromatic rings. The predicted octanol–water partition coefficient (Wildman–Crippen LogP) is 1.27. The van der Waals surface area contributed by atoms with E-state index in [9.17, 15) is 4.79 Å². The van der Waals surface area contributed by atoms with Crippen LogP contribution in [0.1, 0.15) is 36.8 Å². The van der Waals surface area contributed by atoms with Gasteiger partial charge in [-0.25, -0.2) is 0 Å². The molecule has 0 aliphatic carbocycles. The molecule has 0 saturated carbocycles. The fourth-order valence-corrected chi connectivity index (χ4v) is 2.53. The Bertz CT molecular complexity index is 528. The van der Waals surface area contributed by atoms with Gasteiger partial charge >= 0.3 is 0 Å². The van der Waals surface area contributed by atoms with Crippen LogP contribution in [-0.4, -0.2) is 57.4 Å². The largest absolute Gasteiger partial charge is 0.389 e. The zero-order valence-corrected chi connectivity index (χ0v) is 13.6. The van der Waals surface area contributed by atoms with E-state index in [0.29, 0.717) is 16.2 Å². The molecule has 1 aliphatic heterocycles. The van der Waals surface area contributed by atoms with Crippen LogP contribution < -0.4 is 5.73 Å². The number of nitrogens with two attached hydrogens (primary N) is 1. The van der Waals surface area contributed by atoms with Crippen LogP contribution in [-0.2, 0) is 0 Å². The summed E-state index contributed by atoms with van der Waals surface area (Å²) in [6.07, 6.45) is 1.56. The van der Waals surface area contributed by atoms with E-state index in [2.05, 4.69) is 30.7 Å². The lowest BCUT2D eigenvalue weighted by molar-refractivity contribution is 0.0447. The number of carbonyl (C=O) groups excluding carboxylic acids is 1. The van der Waals surface area contributed by atoms with Crippen molar-refractivity contribution in [3.63, 3.8) is 0 Å². The number of hydrogen-bond donors (Lipinski definition) is 1. The van der Waals surface area contributed by atoms with Crippen LogP contribution in [0.25, 0.3) is 0 Å². The van der Waals surface area contributed by atoms with E-state index >= 15 is 0 Å². The highest BCUT2D eigenvalue weighted by molar-refractivity contribution is 7.80. The minimum absolute atomic E-state index is 0.0296. The molecule has 5 nitrogen and oxygen atoms in total. The number of nitrogens with zero attached hydrogens (tertiary/aromatic N) is 3. The molecule has 0 atom stereocenters. The molecule has 1 fully saturated rings. The van der Waals surface area contributed by atoms with Crippen LogP contribution in [0.4, 0.5) is 0 Å². The summed E-state index contributed by atoms with van der Waals surface area (Å²) >= 11 is 4.88. The third-order valence-electron chi connectivity index (χ3n) is 3.78. The van der Waals surface area contributed by atoms with E-state index < -0.39 is 0 Å². The molecule has 0 spiro atoms. The number of carbonyl (C=O) groups is 1. The molecule has 2 heterocycles. The number of aromatic nitrogens is 1. The first kappa shape index (κ1) is 15.9. The van der Waals surface area contributed by atoms with Crippen LogP contribution in [0.2, 0.25) is 0 Å². The van der Waals surface area contributed by atoms with Gasteiger partial charge in [0.2, 0.25) is 0 Å². The Morgan fingerprint density at radius 2 is 1.86 bits per heavy atom. The van der Waals surface area contributed by atoms with Gasteiger partial charge in [0.1, 0.15) is 10.7 Å². The van der Waals surface area contributed by atoms with Crippen molar-refractivity contribution in [2.45, 2.75) is 26.3 Å². The number of thiocarbonyl (C=S) groups is 1. The molecule has 21 heavy (non-hydrogen) atoms. The van der Waals surface area contributed by atoms with Gasteiger partial charge in [0.25, 0.3) is 5.91 Å². The van der Waals surface area contributed by atoms with Gasteiger partial charge in [-0.05, 0) is 32.9 Å². The van der Waals surface area contributed by atoms with Crippen LogP contribution in [0.15, 0.2) is 18.3 Å². The number of amides is 1. The lowest BCUT2D eigenvalue weighted by atomic mass is 10.0. The fourth-order valence-electron chi connectivity index (χ4n) is 2.41. The molecule has 114 valence electrons. The van der Waals surface area contributed by atoms with Crippen molar-refractivity contribution >= 4 is 23.1 Å². The highest BCUT2D eigenvalue weighted by Crippen LogP contribution is 2.16. The lowest BCUT2D eigenvalue weighted by Gasteiger charge is -2.42. The first-order chi connectivity index (χ1) is 9.79. The highest BCUT2D eigenvalue weighted by Gasteiger charge is 2.28. The summed E-state index contributed by atoms with van der Waals surface area (Å²) in [7, 11) is 0. The Balaban J connectivity index is 2.00. The molecule has 0 unspecified atom stereocenters. The SMILES string of the molecule is CC(C)(C)N1CCN(C(=O)c2ccc(C(N)=S)cn2)CC1. The molecule has 2 rings (SSSR count). The summed E-state index contributed by atoms with van der Waals surface area (Å²) in [5.41, 5.74) is 6.80. The molecule has 1 saturated heterocycles. The second kappa shape index (κ2) is 6.07. The first-order valence-corrected chi connectivity index (χ1v) is 7.50. The summed E-state index contributed by atoms with van der Waals surface area (Å²) in [6, 6.07) is 3.43. The minimum atomic E-state index is -0.0296. The smallest absolute Gasteiger partial charge is 0.272 e. The van der Waals surface area contributed by atoms with Crippen LogP contribution in [0.3, 0.4) is 0 Å². The Hall–Kier alpha value is -1.53. The quantitative estimate of drug-likeness (QED) is 0.834. The molecule has 1 aliphatic rings. The predicted molar refractivity (Wildman–Crippen MR) is 87.4 cm³/mol. The molecular formula is C15H22N4OS. The lowest BCUT2D eigenvalue weighted by Crippen LogP contribution is -2.54. The van der Waals surface area contributed by atoms with Gasteiger partial charge in [0.15, 0.2) is 0 Å². The van der Waals surface area contributed by atoms with Gasteiger partial charge < -0.3 is 10.6 Å². The average molecular weight is 306 g/mol. The monoisotopic (exact) mass is 306 g/mol. The van der Waals surface area contributed by atoms with E-state index in [0.717, 1.165) is 26.2 Å². The van der Waals surface area contributed by atoms with Crippen LogP contribution in [0.5, 0.6) is 0 Å². The van der Waals surface area contributed by atoms with Gasteiger partial charge in [-0.3, -0.25) is 14.7 Å². The van der Waals surface area contributed by atoms with Crippen molar-refractivity contribution in [2.75, 3.05) is 26.2 Å². The summed E-state index contributed by atoms with van der Waals surface area (Å²) < 4.78 is 0. The van der Waals surface area contributed by atoms with Crippen molar-refractivity contribution in [2.24, 2.45) is 5.73 Å². The van der Waals surface area contributed by atoms with Crippen molar-refractivity contribution in [3.05, 3.63) is 29.6 Å². The van der Waals surface area contributed by atoms with E-state index in [1.165, 1.54) is 0 Å². The maximum absolute atomic E-state index is 12.4. The molecule has 1 aromatic heterocycles. The maximum Gasteiger partial charge on any atom is 0.272 e. The van der Waals surface area contributed by atoms with Crippen LogP contribution in [0, 0.1) is 0 Å². The second-order valence-electron chi connectivity index (χ2n) is 6.25. The standard InChI is InChI=1S/C15H22N4OS/c1-15(2,3)19-8-6-18(7-9-19)14(20)12-5-4-11(10-17-12)13(16)21/h4-5,10H,6-9H2,1-3H3,(H2,16,21). The number of pyridine rings is 1. The van der Waals surface area contributed by atoms with Crippen molar-refractivity contribution < 1.29 is 4.79 Å². The molecule has 2 N–H and O–H groups in total. The zero-order valence-electron chi connectivity index (χ0n) is 12.8. The van der Waals surface area contributed by atoms with E-state index in [1.54, 1.807) is 18.3 Å². The summed E-state index contributed by atoms with van der Waals surface area (Å²) in [6.45, 7) is 9.82. The van der Waals surface area contributed by atoms with Crippen molar-refractivity contribution in [1.29, 1.82) is 0 Å². The Labute approximate surface area is 131 Å². The average Bonchev–Trinajstić information content (AvgIpc) is 2.46. The van der Waals surface area contributed by atoms with Crippen LogP contribution >= 0.6 is 12.2 Å². The van der Waals surface area contributed by atoms with Gasteiger partial charge in [0.05, 0.1) is 0 Å². The van der Waals surface area contributed by atoms with E-state index in [1.807, 2.05) is 4.90 Å². The van der Waals surface area contributed by atoms with Crippen molar-refractivity contribution in [3.8, 4) is 0 Å². The number of rotatable bonds is 2. The first-order valence-electron chi connectivity index (χ1n) is 7.09. The Morgan fingerprint density at radius 3 is 2.29 bits per heavy atom. The number of hydrogen-bond acceptors (Lipinski definition) is 4. The zero-order chi connectivity index (χ0) is 15.6. The van der Waals surface area contributed by atoms with Gasteiger partial charge in [-0.1, -0.05) is 12.2 Å². The second-order valence-corrected chi connectivity index (χ2v) is 6.69. The van der Waals surface area contributed by atoms with E-state index in [-0.39, 0.29) is 11.4 Å². The Kier molecular flexibility index (Phi) is 4.58. The third-order valence-corrected chi connectivity index (χ3v) is 4.02. The molecular weight excluding hydrogens is 284 g/mol. The minimum Gasteiger partial charge on any atom is -0.389 e. The van der Waals surface area contributed by atoms with Crippen molar-refractivity contribution in [1.82, 2.24) is 14.8 Å². The summed E-state index contributed by atoms with van der Waals surface area (Å²) in [4.78, 5) is 21.1. The van der Waals surface area contributed by atoms with E-state index in [4.69, 9.17) is 18.0 Å². The third kappa shape index (κ3) is 3.77. The maximum atomic E-state index is 12.4. The summed E-state index contributed by atoms with van der Waals surface area (Å²) in [5.74, 6) is -0.0296. The topological polar surface area (TPSA) is 62.5 Å². The van der Waals surface area contributed by atoms with Gasteiger partial charge in [-0.2, -0.15) is 0 Å². The highest BCUT2D eigenvalue weighted by atomic mass is 32.1. The number of piperazine rings is 1. The van der Waals surface area contributed by atoms with Gasteiger partial charge in [0, 0.05) is 43.5 Å². The molecule has 0 radical (unpaired) electrons. The van der Waals surface area contributed by atoms with Gasteiger partial charge in [-0.15, -0.1) is 0 Å². The normalized spacial score (nSPS) is 16.8. The molecule has 1 amide bonds. The molecule has 6 heteroatoms.